The highest BCUT2D eigenvalue weighted by Crippen LogP contribution is 2.12. The highest BCUT2D eigenvalue weighted by Gasteiger charge is 1.96. The fraction of sp³-hybridized carbons (Fsp3) is 0.417. The van der Waals surface area contributed by atoms with Gasteiger partial charge in [-0.1, -0.05) is 12.1 Å². The first-order chi connectivity index (χ1) is 7.22. The number of aryl methyl sites for hydroxylation is 1. The largest absolute Gasteiger partial charge is 0.497 e. The minimum Gasteiger partial charge on any atom is -0.497 e. The quantitative estimate of drug-likeness (QED) is 0.549. The molecule has 15 heavy (non-hydrogen) atoms. The third-order valence-corrected chi connectivity index (χ3v) is 2.07. The van der Waals surface area contributed by atoms with Gasteiger partial charge < -0.3 is 9.47 Å². The number of esters is 1. The highest BCUT2D eigenvalue weighted by atomic mass is 16.5. The van der Waals surface area contributed by atoms with E-state index < -0.39 is 0 Å². The number of benzene rings is 1. The molecule has 0 heterocycles. The number of carbonyl (C=O) groups is 1. The summed E-state index contributed by atoms with van der Waals surface area (Å²) < 4.78 is 9.90. The Hall–Kier alpha value is -1.51. The van der Waals surface area contributed by atoms with Crippen LogP contribution in [0, 0.1) is 0 Å². The van der Waals surface area contributed by atoms with Crippen molar-refractivity contribution < 1.29 is 14.3 Å². The van der Waals surface area contributed by atoms with E-state index in [0.29, 0.717) is 6.61 Å². The summed E-state index contributed by atoms with van der Waals surface area (Å²) in [5, 5.41) is 0. The standard InChI is InChI=1S/C12H16O3/c1-10(13)15-9-3-4-11-5-7-12(14-2)8-6-11/h5-8H,3-4,9H2,1-2H3. The van der Waals surface area contributed by atoms with E-state index in [2.05, 4.69) is 0 Å². The SMILES string of the molecule is COc1ccc(CCCOC(C)=O)cc1. The lowest BCUT2D eigenvalue weighted by Crippen LogP contribution is -2.01. The van der Waals surface area contributed by atoms with Crippen LogP contribution in [0.25, 0.3) is 0 Å². The molecule has 0 amide bonds. The first-order valence-corrected chi connectivity index (χ1v) is 4.98. The van der Waals surface area contributed by atoms with Gasteiger partial charge in [0.1, 0.15) is 5.75 Å². The van der Waals surface area contributed by atoms with Crippen molar-refractivity contribution in [3.8, 4) is 5.75 Å². The molecule has 0 bridgehead atoms. The van der Waals surface area contributed by atoms with Crippen LogP contribution < -0.4 is 4.74 Å². The summed E-state index contributed by atoms with van der Waals surface area (Å²) in [6.07, 6.45) is 1.77. The van der Waals surface area contributed by atoms with Crippen molar-refractivity contribution in [3.05, 3.63) is 29.8 Å². The Morgan fingerprint density at radius 1 is 1.27 bits per heavy atom. The Morgan fingerprint density at radius 3 is 2.47 bits per heavy atom. The van der Waals surface area contributed by atoms with Gasteiger partial charge in [0.25, 0.3) is 0 Å². The van der Waals surface area contributed by atoms with Gasteiger partial charge in [0.15, 0.2) is 0 Å². The Bertz CT molecular complexity index is 303. The van der Waals surface area contributed by atoms with E-state index >= 15 is 0 Å². The van der Waals surface area contributed by atoms with Crippen molar-refractivity contribution >= 4 is 5.97 Å². The van der Waals surface area contributed by atoms with Crippen molar-refractivity contribution in [1.29, 1.82) is 0 Å². The molecule has 0 fully saturated rings. The van der Waals surface area contributed by atoms with E-state index in [0.717, 1.165) is 18.6 Å². The predicted molar refractivity (Wildman–Crippen MR) is 57.9 cm³/mol. The molecular formula is C12H16O3. The van der Waals surface area contributed by atoms with Gasteiger partial charge >= 0.3 is 5.97 Å². The Kier molecular flexibility index (Phi) is 4.68. The van der Waals surface area contributed by atoms with Crippen molar-refractivity contribution in [1.82, 2.24) is 0 Å². The Morgan fingerprint density at radius 2 is 1.93 bits per heavy atom. The lowest BCUT2D eigenvalue weighted by atomic mass is 10.1. The number of methoxy groups -OCH3 is 1. The van der Waals surface area contributed by atoms with E-state index in [-0.39, 0.29) is 5.97 Å². The van der Waals surface area contributed by atoms with Crippen molar-refractivity contribution in [2.24, 2.45) is 0 Å². The monoisotopic (exact) mass is 208 g/mol. The van der Waals surface area contributed by atoms with Gasteiger partial charge in [0.05, 0.1) is 13.7 Å². The van der Waals surface area contributed by atoms with Crippen LogP contribution in [0.4, 0.5) is 0 Å². The van der Waals surface area contributed by atoms with Crippen LogP contribution >= 0.6 is 0 Å². The average molecular weight is 208 g/mol. The zero-order chi connectivity index (χ0) is 11.1. The topological polar surface area (TPSA) is 35.5 Å². The highest BCUT2D eigenvalue weighted by molar-refractivity contribution is 5.65. The van der Waals surface area contributed by atoms with Gasteiger partial charge in [-0.3, -0.25) is 4.79 Å². The molecular weight excluding hydrogens is 192 g/mol. The zero-order valence-electron chi connectivity index (χ0n) is 9.16. The second-order valence-electron chi connectivity index (χ2n) is 3.29. The maximum Gasteiger partial charge on any atom is 0.302 e. The normalized spacial score (nSPS) is 9.73. The summed E-state index contributed by atoms with van der Waals surface area (Å²) in [6.45, 7) is 1.91. The molecule has 0 atom stereocenters. The maximum absolute atomic E-state index is 10.5. The summed E-state index contributed by atoms with van der Waals surface area (Å²) in [5.74, 6) is 0.642. The number of rotatable bonds is 5. The van der Waals surface area contributed by atoms with Crippen LogP contribution in [0.2, 0.25) is 0 Å². The van der Waals surface area contributed by atoms with Gasteiger partial charge in [-0.2, -0.15) is 0 Å². The first-order valence-electron chi connectivity index (χ1n) is 4.98. The molecule has 0 radical (unpaired) electrons. The average Bonchev–Trinajstić information content (AvgIpc) is 2.25. The molecule has 0 unspecified atom stereocenters. The summed E-state index contributed by atoms with van der Waals surface area (Å²) in [5.41, 5.74) is 1.22. The number of hydrogen-bond acceptors (Lipinski definition) is 3. The van der Waals surface area contributed by atoms with Crippen LogP contribution in [0.15, 0.2) is 24.3 Å². The molecule has 0 aliphatic heterocycles. The maximum atomic E-state index is 10.5. The summed E-state index contributed by atoms with van der Waals surface area (Å²) in [6, 6.07) is 7.90. The second kappa shape index (κ2) is 6.06. The van der Waals surface area contributed by atoms with E-state index in [1.54, 1.807) is 7.11 Å². The minimum absolute atomic E-state index is 0.218. The molecule has 1 rings (SSSR count). The van der Waals surface area contributed by atoms with Crippen LogP contribution in [-0.2, 0) is 16.0 Å². The van der Waals surface area contributed by atoms with E-state index in [4.69, 9.17) is 9.47 Å². The molecule has 3 heteroatoms. The van der Waals surface area contributed by atoms with Crippen molar-refractivity contribution in [2.75, 3.05) is 13.7 Å². The molecule has 0 saturated heterocycles. The number of hydrogen-bond donors (Lipinski definition) is 0. The Balaban J connectivity index is 2.28. The molecule has 0 aliphatic carbocycles. The van der Waals surface area contributed by atoms with Gasteiger partial charge in [-0.25, -0.2) is 0 Å². The van der Waals surface area contributed by atoms with Crippen LogP contribution in [0.1, 0.15) is 18.9 Å². The smallest absolute Gasteiger partial charge is 0.302 e. The molecule has 0 aliphatic rings. The fourth-order valence-corrected chi connectivity index (χ4v) is 1.28. The molecule has 0 aromatic heterocycles. The van der Waals surface area contributed by atoms with Gasteiger partial charge in [0.2, 0.25) is 0 Å². The molecule has 1 aromatic rings. The third kappa shape index (κ3) is 4.49. The molecule has 0 spiro atoms. The lowest BCUT2D eigenvalue weighted by Gasteiger charge is -2.03. The number of carbonyl (C=O) groups excluding carboxylic acids is 1. The predicted octanol–water partition coefficient (Wildman–Crippen LogP) is 2.19. The van der Waals surface area contributed by atoms with E-state index in [1.165, 1.54) is 12.5 Å². The second-order valence-corrected chi connectivity index (χ2v) is 3.29. The molecule has 1 aromatic carbocycles. The molecule has 82 valence electrons. The van der Waals surface area contributed by atoms with Crippen LogP contribution in [0.3, 0.4) is 0 Å². The van der Waals surface area contributed by atoms with E-state index in [1.807, 2.05) is 24.3 Å². The lowest BCUT2D eigenvalue weighted by molar-refractivity contribution is -0.141. The van der Waals surface area contributed by atoms with Crippen LogP contribution in [-0.4, -0.2) is 19.7 Å². The Labute approximate surface area is 90.0 Å². The van der Waals surface area contributed by atoms with E-state index in [9.17, 15) is 4.79 Å². The van der Waals surface area contributed by atoms with Crippen molar-refractivity contribution in [2.45, 2.75) is 19.8 Å². The number of ether oxygens (including phenoxy) is 2. The fourth-order valence-electron chi connectivity index (χ4n) is 1.28. The third-order valence-electron chi connectivity index (χ3n) is 2.07. The summed E-state index contributed by atoms with van der Waals surface area (Å²) in [7, 11) is 1.65. The van der Waals surface area contributed by atoms with Gasteiger partial charge in [-0.05, 0) is 30.5 Å². The molecule has 0 saturated carbocycles. The van der Waals surface area contributed by atoms with Crippen LogP contribution in [0.5, 0.6) is 5.75 Å². The van der Waals surface area contributed by atoms with Gasteiger partial charge in [-0.15, -0.1) is 0 Å². The molecule has 3 nitrogen and oxygen atoms in total. The first kappa shape index (κ1) is 11.6. The molecule has 0 N–H and O–H groups in total. The summed E-state index contributed by atoms with van der Waals surface area (Å²) >= 11 is 0. The summed E-state index contributed by atoms with van der Waals surface area (Å²) in [4.78, 5) is 10.5. The minimum atomic E-state index is -0.218. The zero-order valence-corrected chi connectivity index (χ0v) is 9.16. The van der Waals surface area contributed by atoms with Gasteiger partial charge in [0, 0.05) is 6.92 Å². The van der Waals surface area contributed by atoms with Crippen molar-refractivity contribution in [3.63, 3.8) is 0 Å².